The van der Waals surface area contributed by atoms with Gasteiger partial charge in [-0.1, -0.05) is 0 Å². The lowest BCUT2D eigenvalue weighted by atomic mass is 9.99. The van der Waals surface area contributed by atoms with Crippen LogP contribution in [0.15, 0.2) is 0 Å². The molecule has 2 fully saturated rings. The second-order valence-corrected chi connectivity index (χ2v) is 5.56. The molecule has 0 bridgehead atoms. The molecule has 0 radical (unpaired) electrons. The maximum atomic E-state index is 10.00. The summed E-state index contributed by atoms with van der Waals surface area (Å²) in [5.41, 5.74) is 0. The summed E-state index contributed by atoms with van der Waals surface area (Å²) in [6.07, 6.45) is -12.7. The average molecular weight is 342 g/mol. The fraction of sp³-hybridized carbons (Fsp3) is 1.00. The molecular formula is C12H22O11. The number of ether oxygens (including phenoxy) is 3. The molecule has 0 amide bonds. The van der Waals surface area contributed by atoms with Crippen LogP contribution in [0.3, 0.4) is 0 Å². The van der Waals surface area contributed by atoms with Crippen LogP contribution in [0.25, 0.3) is 0 Å². The SMILES string of the molecule is OCC1O[C@@H](O[C@]2(CO)O[C@@H](CO)C(O)[C@H]2O)C(O)[C@@H](O)[C@H]1O. The molecule has 0 saturated carbocycles. The monoisotopic (exact) mass is 342 g/mol. The first-order chi connectivity index (χ1) is 10.8. The zero-order valence-corrected chi connectivity index (χ0v) is 12.0. The van der Waals surface area contributed by atoms with Gasteiger partial charge in [0.15, 0.2) is 6.29 Å². The van der Waals surface area contributed by atoms with Crippen LogP contribution in [0.5, 0.6) is 0 Å². The molecular weight excluding hydrogens is 320 g/mol. The van der Waals surface area contributed by atoms with Crippen molar-refractivity contribution in [3.05, 3.63) is 0 Å². The zero-order chi connectivity index (χ0) is 17.4. The highest BCUT2D eigenvalue weighted by Crippen LogP contribution is 2.35. The molecule has 136 valence electrons. The van der Waals surface area contributed by atoms with Gasteiger partial charge in [-0.25, -0.2) is 0 Å². The molecule has 8 N–H and O–H groups in total. The van der Waals surface area contributed by atoms with Gasteiger partial charge in [-0.05, 0) is 0 Å². The topological polar surface area (TPSA) is 190 Å². The van der Waals surface area contributed by atoms with Gasteiger partial charge in [-0.3, -0.25) is 0 Å². The quantitative estimate of drug-likeness (QED) is 0.238. The van der Waals surface area contributed by atoms with Gasteiger partial charge in [-0.15, -0.1) is 0 Å². The van der Waals surface area contributed by atoms with E-state index in [2.05, 4.69) is 0 Å². The molecule has 0 aromatic heterocycles. The lowest BCUT2D eigenvalue weighted by Crippen LogP contribution is -2.62. The second kappa shape index (κ2) is 7.21. The van der Waals surface area contributed by atoms with E-state index < -0.39 is 74.6 Å². The van der Waals surface area contributed by atoms with Crippen molar-refractivity contribution >= 4 is 0 Å². The van der Waals surface area contributed by atoms with E-state index in [9.17, 15) is 30.6 Å². The Bertz CT molecular complexity index is 393. The molecule has 2 aliphatic rings. The fourth-order valence-corrected chi connectivity index (χ4v) is 2.63. The zero-order valence-electron chi connectivity index (χ0n) is 12.0. The Morgan fingerprint density at radius 2 is 1.39 bits per heavy atom. The van der Waals surface area contributed by atoms with Crippen LogP contribution in [0.2, 0.25) is 0 Å². The standard InChI is InChI=1S/C12H22O11/c13-1-4-6(16)8(18)9(19)11(21-4)23-12(3-15)10(20)7(17)5(2-14)22-12/h4-11,13-20H,1-3H2/t4?,5-,6-,7?,8-,9?,10+,11-,12-/m0/s1. The lowest BCUT2D eigenvalue weighted by molar-refractivity contribution is -0.383. The number of aliphatic hydroxyl groups is 8. The van der Waals surface area contributed by atoms with Gasteiger partial charge in [0.05, 0.1) is 13.2 Å². The molecule has 2 rings (SSSR count). The predicted molar refractivity (Wildman–Crippen MR) is 68.6 cm³/mol. The minimum absolute atomic E-state index is 0.669. The largest absolute Gasteiger partial charge is 0.394 e. The normalized spacial score (nSPS) is 51.1. The van der Waals surface area contributed by atoms with Gasteiger partial charge in [-0.2, -0.15) is 0 Å². The Kier molecular flexibility index (Phi) is 5.92. The molecule has 2 heterocycles. The number of rotatable bonds is 5. The highest BCUT2D eigenvalue weighted by Gasteiger charge is 2.58. The predicted octanol–water partition coefficient (Wildman–Crippen LogP) is -5.40. The van der Waals surface area contributed by atoms with Crippen LogP contribution in [0.4, 0.5) is 0 Å². The number of aliphatic hydroxyl groups excluding tert-OH is 8. The van der Waals surface area contributed by atoms with E-state index in [0.717, 1.165) is 0 Å². The van der Waals surface area contributed by atoms with E-state index >= 15 is 0 Å². The minimum atomic E-state index is -2.22. The van der Waals surface area contributed by atoms with E-state index in [-0.39, 0.29) is 0 Å². The summed E-state index contributed by atoms with van der Waals surface area (Å²) in [6.45, 7) is -2.32. The Labute approximate surface area is 130 Å². The average Bonchev–Trinajstić information content (AvgIpc) is 2.80. The second-order valence-electron chi connectivity index (χ2n) is 5.56. The van der Waals surface area contributed by atoms with Gasteiger partial charge in [0.1, 0.15) is 49.3 Å². The fourth-order valence-electron chi connectivity index (χ4n) is 2.63. The van der Waals surface area contributed by atoms with Crippen LogP contribution < -0.4 is 0 Å². The van der Waals surface area contributed by atoms with Crippen molar-refractivity contribution in [2.45, 2.75) is 54.8 Å². The summed E-state index contributed by atoms with van der Waals surface area (Å²) >= 11 is 0. The third-order valence-corrected chi connectivity index (χ3v) is 4.07. The molecule has 2 aliphatic heterocycles. The van der Waals surface area contributed by atoms with Gasteiger partial charge in [0.2, 0.25) is 5.79 Å². The molecule has 11 nitrogen and oxygen atoms in total. The summed E-state index contributed by atoms with van der Waals surface area (Å²) in [5, 5.41) is 76.7. The van der Waals surface area contributed by atoms with E-state index in [1.165, 1.54) is 0 Å². The first kappa shape index (κ1) is 18.9. The van der Waals surface area contributed by atoms with Crippen LogP contribution in [0, 0.1) is 0 Å². The number of hydrogen-bond donors (Lipinski definition) is 8. The summed E-state index contributed by atoms with van der Waals surface area (Å²) in [5.74, 6) is -2.22. The first-order valence-corrected chi connectivity index (χ1v) is 7.05. The molecule has 2 saturated heterocycles. The van der Waals surface area contributed by atoms with Crippen molar-refractivity contribution in [2.75, 3.05) is 19.8 Å². The van der Waals surface area contributed by atoms with Crippen LogP contribution in [0.1, 0.15) is 0 Å². The van der Waals surface area contributed by atoms with E-state index in [0.29, 0.717) is 0 Å². The third-order valence-electron chi connectivity index (χ3n) is 4.07. The van der Waals surface area contributed by atoms with Crippen molar-refractivity contribution in [1.29, 1.82) is 0 Å². The van der Waals surface area contributed by atoms with Crippen LogP contribution in [-0.4, -0.2) is 115 Å². The van der Waals surface area contributed by atoms with Gasteiger partial charge in [0, 0.05) is 0 Å². The van der Waals surface area contributed by atoms with Crippen molar-refractivity contribution in [1.82, 2.24) is 0 Å². The van der Waals surface area contributed by atoms with Crippen molar-refractivity contribution in [2.24, 2.45) is 0 Å². The van der Waals surface area contributed by atoms with E-state index in [4.69, 9.17) is 24.4 Å². The van der Waals surface area contributed by atoms with Crippen LogP contribution >= 0.6 is 0 Å². The lowest BCUT2D eigenvalue weighted by Gasteiger charge is -2.43. The summed E-state index contributed by atoms with van der Waals surface area (Å²) < 4.78 is 15.4. The van der Waals surface area contributed by atoms with Crippen molar-refractivity contribution in [3.8, 4) is 0 Å². The molecule has 11 heteroatoms. The van der Waals surface area contributed by atoms with Gasteiger partial charge >= 0.3 is 0 Å². The smallest absolute Gasteiger partial charge is 0.224 e. The molecule has 3 unspecified atom stereocenters. The Balaban J connectivity index is 2.18. The first-order valence-electron chi connectivity index (χ1n) is 7.05. The highest BCUT2D eigenvalue weighted by molar-refractivity contribution is 4.98. The summed E-state index contributed by atoms with van der Waals surface area (Å²) in [4.78, 5) is 0. The summed E-state index contributed by atoms with van der Waals surface area (Å²) in [6, 6.07) is 0. The third kappa shape index (κ3) is 3.23. The maximum Gasteiger partial charge on any atom is 0.224 e. The minimum Gasteiger partial charge on any atom is -0.394 e. The van der Waals surface area contributed by atoms with E-state index in [1.807, 2.05) is 0 Å². The Morgan fingerprint density at radius 1 is 0.783 bits per heavy atom. The van der Waals surface area contributed by atoms with Gasteiger partial charge < -0.3 is 55.1 Å². The number of hydrogen-bond acceptors (Lipinski definition) is 11. The Hall–Kier alpha value is -0.440. The van der Waals surface area contributed by atoms with Crippen LogP contribution in [-0.2, 0) is 14.2 Å². The van der Waals surface area contributed by atoms with E-state index in [1.54, 1.807) is 0 Å². The molecule has 0 aromatic carbocycles. The highest BCUT2D eigenvalue weighted by atomic mass is 16.8. The molecule has 23 heavy (non-hydrogen) atoms. The van der Waals surface area contributed by atoms with Gasteiger partial charge in [0.25, 0.3) is 0 Å². The Morgan fingerprint density at radius 3 is 1.87 bits per heavy atom. The summed E-state index contributed by atoms with van der Waals surface area (Å²) in [7, 11) is 0. The molecule has 0 spiro atoms. The van der Waals surface area contributed by atoms with Crippen molar-refractivity contribution in [3.63, 3.8) is 0 Å². The maximum absolute atomic E-state index is 10.00. The molecule has 0 aromatic rings. The molecule has 0 aliphatic carbocycles. The molecule has 9 atom stereocenters. The van der Waals surface area contributed by atoms with Crippen molar-refractivity contribution < 1.29 is 55.1 Å².